The summed E-state index contributed by atoms with van der Waals surface area (Å²) >= 11 is 0. The van der Waals surface area contributed by atoms with Crippen molar-refractivity contribution in [1.82, 2.24) is 4.90 Å². The summed E-state index contributed by atoms with van der Waals surface area (Å²) in [4.78, 5) is 13.3. The second-order valence-corrected chi connectivity index (χ2v) is 2.99. The second-order valence-electron chi connectivity index (χ2n) is 2.99. The predicted molar refractivity (Wildman–Crippen MR) is 51.6 cm³/mol. The van der Waals surface area contributed by atoms with Gasteiger partial charge in [-0.25, -0.2) is 0 Å². The number of carbonyl (C=O) groups is 1. The summed E-state index contributed by atoms with van der Waals surface area (Å²) in [7, 11) is 1.82. The van der Waals surface area contributed by atoms with Crippen LogP contribution in [0.1, 0.15) is 20.8 Å². The van der Waals surface area contributed by atoms with Crippen molar-refractivity contribution in [1.29, 1.82) is 0 Å². The number of rotatable bonds is 4. The van der Waals surface area contributed by atoms with Gasteiger partial charge in [-0.15, -0.1) is 0 Å². The van der Waals surface area contributed by atoms with Gasteiger partial charge in [-0.05, 0) is 13.1 Å². The Morgan fingerprint density at radius 3 is 2.25 bits per heavy atom. The molecule has 2 nitrogen and oxygen atoms in total. The van der Waals surface area contributed by atoms with Crippen molar-refractivity contribution in [3.05, 3.63) is 24.6 Å². The molecule has 0 fully saturated rings. The third-order valence-electron chi connectivity index (χ3n) is 1.70. The molecule has 0 aromatic carbocycles. The van der Waals surface area contributed by atoms with Crippen LogP contribution in [0.4, 0.5) is 0 Å². The van der Waals surface area contributed by atoms with Crippen molar-refractivity contribution in [3.8, 4) is 0 Å². The minimum absolute atomic E-state index is 0.0404. The van der Waals surface area contributed by atoms with Gasteiger partial charge < -0.3 is 4.90 Å². The maximum atomic E-state index is 11.5. The van der Waals surface area contributed by atoms with Crippen molar-refractivity contribution in [2.45, 2.75) is 20.8 Å². The van der Waals surface area contributed by atoms with Crippen LogP contribution in [-0.4, -0.2) is 17.7 Å². The van der Waals surface area contributed by atoms with Crippen molar-refractivity contribution >= 4 is 5.78 Å². The number of nitrogens with zero attached hydrogens (tertiary/aromatic N) is 1. The number of hydrogen-bond donors (Lipinski definition) is 0. The molecule has 0 aliphatic rings. The van der Waals surface area contributed by atoms with Crippen LogP contribution in [0, 0.1) is 5.92 Å². The van der Waals surface area contributed by atoms with E-state index < -0.39 is 0 Å². The summed E-state index contributed by atoms with van der Waals surface area (Å²) in [6.45, 7) is 9.24. The van der Waals surface area contributed by atoms with Crippen LogP contribution in [0.15, 0.2) is 24.6 Å². The van der Waals surface area contributed by atoms with E-state index in [1.165, 1.54) is 0 Å². The molecule has 0 heterocycles. The van der Waals surface area contributed by atoms with E-state index >= 15 is 0 Å². The Morgan fingerprint density at radius 2 is 2.00 bits per heavy atom. The van der Waals surface area contributed by atoms with Crippen molar-refractivity contribution < 1.29 is 4.79 Å². The van der Waals surface area contributed by atoms with E-state index in [2.05, 4.69) is 6.58 Å². The summed E-state index contributed by atoms with van der Waals surface area (Å²) in [6, 6.07) is 0. The fourth-order valence-electron chi connectivity index (χ4n) is 0.914. The Balaban J connectivity index is 4.58. The van der Waals surface area contributed by atoms with Gasteiger partial charge in [-0.1, -0.05) is 26.5 Å². The molecule has 0 N–H and O–H groups in total. The Morgan fingerprint density at radius 1 is 1.50 bits per heavy atom. The topological polar surface area (TPSA) is 20.3 Å². The minimum Gasteiger partial charge on any atom is -0.349 e. The number of hydrogen-bond acceptors (Lipinski definition) is 2. The highest BCUT2D eigenvalue weighted by Crippen LogP contribution is 2.09. The molecule has 0 unspecified atom stereocenters. The van der Waals surface area contributed by atoms with E-state index in [4.69, 9.17) is 0 Å². The molecular weight excluding hydrogens is 150 g/mol. The van der Waals surface area contributed by atoms with E-state index in [1.807, 2.05) is 33.9 Å². The number of allylic oxidation sites excluding steroid dienone is 2. The number of likely N-dealkylation sites (N-methyl/N-ethyl adjacent to an activating group) is 1. The fraction of sp³-hybridized carbons (Fsp3) is 0.500. The lowest BCUT2D eigenvalue weighted by Gasteiger charge is -2.17. The maximum Gasteiger partial charge on any atom is 0.181 e. The minimum atomic E-state index is 0.0404. The van der Waals surface area contributed by atoms with Gasteiger partial charge in [0.2, 0.25) is 0 Å². The summed E-state index contributed by atoms with van der Waals surface area (Å²) in [5, 5.41) is 0. The maximum absolute atomic E-state index is 11.5. The van der Waals surface area contributed by atoms with E-state index in [0.29, 0.717) is 5.70 Å². The number of Topliss-reactive ketones (excluding diaryl/α,β-unsaturated/α-hetero) is 1. The molecule has 0 saturated heterocycles. The normalized spacial score (nSPS) is 11.6. The molecule has 0 bridgehead atoms. The highest BCUT2D eigenvalue weighted by Gasteiger charge is 2.14. The third-order valence-corrected chi connectivity index (χ3v) is 1.70. The average Bonchev–Trinajstić information content (AvgIpc) is 2.05. The van der Waals surface area contributed by atoms with Gasteiger partial charge in [-0.2, -0.15) is 0 Å². The van der Waals surface area contributed by atoms with Crippen LogP contribution in [-0.2, 0) is 4.79 Å². The molecule has 12 heavy (non-hydrogen) atoms. The molecule has 0 atom stereocenters. The SMILES string of the molecule is C=CN(C)C(=CC)C(=O)C(C)C. The molecule has 0 radical (unpaired) electrons. The van der Waals surface area contributed by atoms with Crippen LogP contribution in [0.2, 0.25) is 0 Å². The first-order valence-corrected chi connectivity index (χ1v) is 4.10. The summed E-state index contributed by atoms with van der Waals surface area (Å²) in [6.07, 6.45) is 3.44. The first kappa shape index (κ1) is 11.0. The van der Waals surface area contributed by atoms with Crippen LogP contribution < -0.4 is 0 Å². The van der Waals surface area contributed by atoms with E-state index in [0.717, 1.165) is 0 Å². The summed E-state index contributed by atoms with van der Waals surface area (Å²) < 4.78 is 0. The molecule has 0 rings (SSSR count). The zero-order valence-electron chi connectivity index (χ0n) is 8.29. The highest BCUT2D eigenvalue weighted by molar-refractivity contribution is 5.96. The van der Waals surface area contributed by atoms with E-state index in [9.17, 15) is 4.79 Å². The van der Waals surface area contributed by atoms with Crippen LogP contribution in [0.5, 0.6) is 0 Å². The molecule has 68 valence electrons. The lowest BCUT2D eigenvalue weighted by atomic mass is 10.1. The quantitative estimate of drug-likeness (QED) is 0.598. The number of ketones is 1. The zero-order valence-corrected chi connectivity index (χ0v) is 8.29. The molecule has 0 saturated carbocycles. The molecule has 0 aromatic heterocycles. The largest absolute Gasteiger partial charge is 0.349 e. The molecular formula is C10H17NO. The molecule has 0 amide bonds. The lowest BCUT2D eigenvalue weighted by Crippen LogP contribution is -2.21. The molecule has 0 aromatic rings. The number of carbonyl (C=O) groups excluding carboxylic acids is 1. The lowest BCUT2D eigenvalue weighted by molar-refractivity contribution is -0.119. The van der Waals surface area contributed by atoms with Crippen molar-refractivity contribution in [3.63, 3.8) is 0 Å². The molecule has 0 spiro atoms. The average molecular weight is 167 g/mol. The van der Waals surface area contributed by atoms with E-state index in [1.54, 1.807) is 11.1 Å². The van der Waals surface area contributed by atoms with Gasteiger partial charge in [0.05, 0.1) is 5.70 Å². The van der Waals surface area contributed by atoms with Crippen molar-refractivity contribution in [2.75, 3.05) is 7.05 Å². The molecule has 2 heteroatoms. The van der Waals surface area contributed by atoms with Crippen molar-refractivity contribution in [2.24, 2.45) is 5.92 Å². The first-order chi connectivity index (χ1) is 5.54. The standard InChI is InChI=1S/C10H17NO/c1-6-9(11(5)7-2)10(12)8(3)4/h6-8H,2H2,1,3-5H3. The molecule has 0 aliphatic heterocycles. The van der Waals surface area contributed by atoms with Gasteiger partial charge >= 0.3 is 0 Å². The Hall–Kier alpha value is -1.05. The first-order valence-electron chi connectivity index (χ1n) is 4.10. The van der Waals surface area contributed by atoms with E-state index in [-0.39, 0.29) is 11.7 Å². The Kier molecular flexibility index (Phi) is 4.34. The van der Waals surface area contributed by atoms with Crippen LogP contribution in [0.25, 0.3) is 0 Å². The Bertz CT molecular complexity index is 204. The third kappa shape index (κ3) is 2.53. The van der Waals surface area contributed by atoms with Gasteiger partial charge in [-0.3, -0.25) is 4.79 Å². The van der Waals surface area contributed by atoms with Crippen LogP contribution in [0.3, 0.4) is 0 Å². The second kappa shape index (κ2) is 4.75. The summed E-state index contributed by atoms with van der Waals surface area (Å²) in [5.41, 5.74) is 0.708. The van der Waals surface area contributed by atoms with Gasteiger partial charge in [0.15, 0.2) is 5.78 Å². The predicted octanol–water partition coefficient (Wildman–Crippen LogP) is 2.19. The van der Waals surface area contributed by atoms with Gasteiger partial charge in [0.1, 0.15) is 0 Å². The fourth-order valence-corrected chi connectivity index (χ4v) is 0.914. The van der Waals surface area contributed by atoms with Gasteiger partial charge in [0, 0.05) is 13.0 Å². The monoisotopic (exact) mass is 167 g/mol. The van der Waals surface area contributed by atoms with Crippen LogP contribution >= 0.6 is 0 Å². The highest BCUT2D eigenvalue weighted by atomic mass is 16.1. The molecule has 0 aliphatic carbocycles. The Labute approximate surface area is 74.6 Å². The van der Waals surface area contributed by atoms with Gasteiger partial charge in [0.25, 0.3) is 0 Å². The zero-order chi connectivity index (χ0) is 9.72. The smallest absolute Gasteiger partial charge is 0.181 e. The summed E-state index contributed by atoms with van der Waals surface area (Å²) in [5.74, 6) is 0.193.